The molecule has 5 rings (SSSR count). The van der Waals surface area contributed by atoms with Crippen molar-refractivity contribution in [2.45, 2.75) is 26.3 Å². The Morgan fingerprint density at radius 2 is 1.45 bits per heavy atom. The van der Waals surface area contributed by atoms with Crippen molar-refractivity contribution in [1.29, 1.82) is 0 Å². The molecule has 228 valence electrons. The zero-order valence-electron chi connectivity index (χ0n) is 24.1. The van der Waals surface area contributed by atoms with Crippen molar-refractivity contribution in [2.75, 3.05) is 34.4 Å². The maximum absolute atomic E-state index is 11.4. The Morgan fingerprint density at radius 1 is 0.841 bits per heavy atom. The normalized spacial score (nSPS) is 14.3. The topological polar surface area (TPSA) is 138 Å². The van der Waals surface area contributed by atoms with Gasteiger partial charge in [-0.15, -0.1) is 0 Å². The Kier molecular flexibility index (Phi) is 11.7. The number of fused-ring (bicyclic) bond motifs is 2. The van der Waals surface area contributed by atoms with Gasteiger partial charge >= 0.3 is 57.3 Å². The predicted molar refractivity (Wildman–Crippen MR) is 165 cm³/mol. The van der Waals surface area contributed by atoms with Crippen LogP contribution in [0.5, 0.6) is 0 Å². The second-order valence-electron chi connectivity index (χ2n) is 10.0. The molecule has 0 atom stereocenters. The minimum absolute atomic E-state index is 0. The van der Waals surface area contributed by atoms with Crippen LogP contribution in [-0.2, 0) is 26.8 Å². The number of oxazole rings is 1. The van der Waals surface area contributed by atoms with Gasteiger partial charge in [0.2, 0.25) is 5.58 Å². The molecule has 10 nitrogen and oxygen atoms in total. The first-order valence-corrected chi connectivity index (χ1v) is 17.4. The fourth-order valence-electron chi connectivity index (χ4n) is 5.23. The predicted octanol–water partition coefficient (Wildman–Crippen LogP) is 2.21. The van der Waals surface area contributed by atoms with E-state index in [1.807, 2.05) is 69.8 Å². The van der Waals surface area contributed by atoms with Crippen molar-refractivity contribution < 1.29 is 86.3 Å². The summed E-state index contributed by atoms with van der Waals surface area (Å²) in [7, 11) is -8.86. The molecule has 1 aliphatic heterocycles. The number of benzene rings is 3. The molecular formula is C29H28Cl2KN3O7S2. The summed E-state index contributed by atoms with van der Waals surface area (Å²) in [5.41, 5.74) is 4.56. The van der Waals surface area contributed by atoms with Gasteiger partial charge in [0.1, 0.15) is 5.82 Å². The van der Waals surface area contributed by atoms with Gasteiger partial charge in [-0.25, -0.2) is 16.8 Å². The summed E-state index contributed by atoms with van der Waals surface area (Å²) in [4.78, 5) is 3.81. The average Bonchev–Trinajstić information content (AvgIpc) is 3.42. The van der Waals surface area contributed by atoms with Crippen LogP contribution in [-0.4, -0.2) is 50.5 Å². The van der Waals surface area contributed by atoms with Gasteiger partial charge in [0.05, 0.1) is 47.7 Å². The standard InChI is InChI=1S/C29H29Cl2N3O7S2.K/c1-2-32-24-17-22(30)23(31)18-25(24)33(12-6-14-42(35,36)37)28(32)19-29-34(13-7-15-43(38,39)40)26-16-21(10-11-27(26)41-29)20-8-4-3-5-9-20;/h3-5,8-11,16-19H,2,6-7,12-15H2,1H3,(H-,35,36,37,38,39,40);/q;+1/p-1. The Morgan fingerprint density at radius 3 is 2.07 bits per heavy atom. The first kappa shape index (κ1) is 35.4. The average molecular weight is 705 g/mol. The third-order valence-corrected chi connectivity index (χ3v) is 9.41. The third kappa shape index (κ3) is 8.26. The molecule has 0 radical (unpaired) electrons. The summed E-state index contributed by atoms with van der Waals surface area (Å²) in [6, 6.07) is 18.8. The monoisotopic (exact) mass is 703 g/mol. The second-order valence-corrected chi connectivity index (χ2v) is 13.9. The van der Waals surface area contributed by atoms with Gasteiger partial charge in [-0.3, -0.25) is 0 Å². The maximum Gasteiger partial charge on any atom is 1.00 e. The fourth-order valence-corrected chi connectivity index (χ4v) is 6.51. The molecule has 3 aromatic carbocycles. The molecule has 0 saturated heterocycles. The van der Waals surface area contributed by atoms with Gasteiger partial charge in [-0.05, 0) is 42.7 Å². The number of aryl methyl sites for hydroxylation is 1. The van der Waals surface area contributed by atoms with E-state index in [1.165, 1.54) is 0 Å². The van der Waals surface area contributed by atoms with Crippen LogP contribution in [0.15, 0.2) is 70.9 Å². The summed E-state index contributed by atoms with van der Waals surface area (Å²) in [6.07, 6.45) is 1.89. The van der Waals surface area contributed by atoms with Gasteiger partial charge in [0.15, 0.2) is 6.54 Å². The molecule has 0 bridgehead atoms. The van der Waals surface area contributed by atoms with Crippen LogP contribution in [0, 0.1) is 0 Å². The van der Waals surface area contributed by atoms with E-state index in [0.29, 0.717) is 45.1 Å². The third-order valence-electron chi connectivity index (χ3n) is 7.11. The molecule has 0 N–H and O–H groups in total. The molecule has 1 aliphatic rings. The second kappa shape index (κ2) is 14.5. The van der Waals surface area contributed by atoms with Crippen LogP contribution in [0.25, 0.3) is 28.3 Å². The van der Waals surface area contributed by atoms with Crippen molar-refractivity contribution in [3.63, 3.8) is 0 Å². The summed E-state index contributed by atoms with van der Waals surface area (Å²) >= 11 is 12.7. The first-order valence-electron chi connectivity index (χ1n) is 13.5. The minimum Gasteiger partial charge on any atom is -0.748 e. The van der Waals surface area contributed by atoms with Crippen molar-refractivity contribution in [2.24, 2.45) is 0 Å². The SMILES string of the molecule is CCN1/C(=C\c2oc3ccc(-c4ccccc4)cc3[n+]2CCCS(=O)(=O)[O-])N(CCCS(=O)(=O)[O-])c2cc(Cl)c(Cl)cc21.[K+]. The van der Waals surface area contributed by atoms with E-state index in [-0.39, 0.29) is 77.3 Å². The van der Waals surface area contributed by atoms with E-state index in [2.05, 4.69) is 0 Å². The molecule has 0 fully saturated rings. The number of nitrogens with zero attached hydrogens (tertiary/aromatic N) is 3. The van der Waals surface area contributed by atoms with Crippen molar-refractivity contribution in [3.05, 3.63) is 82.4 Å². The Balaban J connectivity index is 0.00000442. The summed E-state index contributed by atoms with van der Waals surface area (Å²) in [5, 5.41) is 0.651. The van der Waals surface area contributed by atoms with Crippen molar-refractivity contribution >= 4 is 72.0 Å². The van der Waals surface area contributed by atoms with Gasteiger partial charge in [0, 0.05) is 37.1 Å². The van der Waals surface area contributed by atoms with Gasteiger partial charge in [-0.2, -0.15) is 4.57 Å². The number of aromatic nitrogens is 1. The number of rotatable bonds is 11. The minimum atomic E-state index is -4.43. The summed E-state index contributed by atoms with van der Waals surface area (Å²) < 4.78 is 76.4. The van der Waals surface area contributed by atoms with Crippen molar-refractivity contribution in [1.82, 2.24) is 0 Å². The van der Waals surface area contributed by atoms with E-state index >= 15 is 0 Å². The quantitative estimate of drug-likeness (QED) is 0.131. The van der Waals surface area contributed by atoms with Crippen LogP contribution < -0.4 is 65.8 Å². The van der Waals surface area contributed by atoms with E-state index in [0.717, 1.165) is 16.8 Å². The van der Waals surface area contributed by atoms with Crippen LogP contribution in [0.4, 0.5) is 11.4 Å². The Bertz CT molecular complexity index is 1920. The van der Waals surface area contributed by atoms with Crippen LogP contribution in [0.3, 0.4) is 0 Å². The van der Waals surface area contributed by atoms with E-state index in [9.17, 15) is 25.9 Å². The fraction of sp³-hybridized carbons (Fsp3) is 0.276. The number of halogens is 2. The Hall–Kier alpha value is -1.49. The Labute approximate surface area is 309 Å². The molecular weight excluding hydrogens is 676 g/mol. The van der Waals surface area contributed by atoms with E-state index in [1.54, 1.807) is 18.2 Å². The van der Waals surface area contributed by atoms with E-state index < -0.39 is 31.7 Å². The molecule has 44 heavy (non-hydrogen) atoms. The van der Waals surface area contributed by atoms with Gasteiger partial charge < -0.3 is 23.3 Å². The zero-order chi connectivity index (χ0) is 30.9. The molecule has 15 heteroatoms. The summed E-state index contributed by atoms with van der Waals surface area (Å²) in [5.74, 6) is -0.0914. The molecule has 1 aromatic heterocycles. The first-order chi connectivity index (χ1) is 20.3. The summed E-state index contributed by atoms with van der Waals surface area (Å²) in [6.45, 7) is 2.79. The van der Waals surface area contributed by atoms with E-state index in [4.69, 9.17) is 27.6 Å². The smallest absolute Gasteiger partial charge is 0.748 e. The van der Waals surface area contributed by atoms with Gasteiger partial charge in [0.25, 0.3) is 5.52 Å². The molecule has 0 aliphatic carbocycles. The molecule has 0 spiro atoms. The zero-order valence-corrected chi connectivity index (χ0v) is 30.3. The van der Waals surface area contributed by atoms with Crippen molar-refractivity contribution in [3.8, 4) is 11.1 Å². The molecule has 4 aromatic rings. The number of hydrogen-bond donors (Lipinski definition) is 0. The number of hydrogen-bond acceptors (Lipinski definition) is 9. The molecule has 2 heterocycles. The molecule has 0 amide bonds. The molecule has 0 saturated carbocycles. The van der Waals surface area contributed by atoms with Crippen LogP contribution in [0.2, 0.25) is 10.0 Å². The van der Waals surface area contributed by atoms with Gasteiger partial charge in [-0.1, -0.05) is 59.6 Å². The maximum atomic E-state index is 11.4. The number of anilines is 2. The van der Waals surface area contributed by atoms with Crippen LogP contribution >= 0.6 is 23.2 Å². The molecule has 0 unspecified atom stereocenters. The largest absolute Gasteiger partial charge is 1.00 e. The van der Waals surface area contributed by atoms with Crippen LogP contribution in [0.1, 0.15) is 25.7 Å².